The lowest BCUT2D eigenvalue weighted by Crippen LogP contribution is -2.33. The number of nitrogens with one attached hydrogen (secondary N) is 1. The molecule has 0 saturated carbocycles. The largest absolute Gasteiger partial charge is 0.497 e. The molecule has 0 bridgehead atoms. The quantitative estimate of drug-likeness (QED) is 0.168. The van der Waals surface area contributed by atoms with Crippen molar-refractivity contribution in [3.8, 4) is 17.2 Å². The van der Waals surface area contributed by atoms with Crippen LogP contribution < -0.4 is 19.6 Å². The molecule has 0 aliphatic rings. The second-order valence-electron chi connectivity index (χ2n) is 6.91. The van der Waals surface area contributed by atoms with E-state index in [1.165, 1.54) is 38.4 Å². The molecule has 0 heterocycles. The van der Waals surface area contributed by atoms with Crippen LogP contribution in [0.25, 0.3) is 0 Å². The van der Waals surface area contributed by atoms with Gasteiger partial charge in [-0.3, -0.25) is 14.9 Å². The summed E-state index contributed by atoms with van der Waals surface area (Å²) in [5, 5.41) is 14.9. The SMILES string of the molecule is COc1ccc(C(=O)Oc2cccc(/C=N\NC(=O)[C@H](C)Oc3ccccc3[N+](=O)[O-])c2)cc1. The number of hydrogen-bond donors (Lipinski definition) is 1. The van der Waals surface area contributed by atoms with Gasteiger partial charge in [-0.05, 0) is 55.0 Å². The van der Waals surface area contributed by atoms with Crippen molar-refractivity contribution < 1.29 is 28.7 Å². The zero-order chi connectivity index (χ0) is 24.5. The molecule has 0 aliphatic carbocycles. The predicted octanol–water partition coefficient (Wildman–Crippen LogP) is 3.74. The van der Waals surface area contributed by atoms with Gasteiger partial charge in [-0.1, -0.05) is 24.3 Å². The van der Waals surface area contributed by atoms with Crippen LogP contribution in [-0.4, -0.2) is 36.2 Å². The molecule has 0 saturated heterocycles. The second-order valence-corrected chi connectivity index (χ2v) is 6.91. The van der Waals surface area contributed by atoms with Gasteiger partial charge in [0.2, 0.25) is 0 Å². The third kappa shape index (κ3) is 6.39. The summed E-state index contributed by atoms with van der Waals surface area (Å²) in [5.74, 6) is -0.240. The summed E-state index contributed by atoms with van der Waals surface area (Å²) in [6.07, 6.45) is 0.329. The number of methoxy groups -OCH3 is 1. The highest BCUT2D eigenvalue weighted by atomic mass is 16.6. The Balaban J connectivity index is 1.57. The summed E-state index contributed by atoms with van der Waals surface area (Å²) in [7, 11) is 1.53. The molecular weight excluding hydrogens is 442 g/mol. The average Bonchev–Trinajstić information content (AvgIpc) is 2.84. The number of hydrogen-bond acceptors (Lipinski definition) is 8. The molecule has 0 spiro atoms. The van der Waals surface area contributed by atoms with Crippen LogP contribution in [-0.2, 0) is 4.79 Å². The number of ether oxygens (including phenoxy) is 3. The number of nitro benzene ring substituents is 1. The Morgan fingerprint density at radius 2 is 1.76 bits per heavy atom. The van der Waals surface area contributed by atoms with E-state index < -0.39 is 22.9 Å². The fourth-order valence-electron chi connectivity index (χ4n) is 2.76. The first-order valence-electron chi connectivity index (χ1n) is 10.1. The van der Waals surface area contributed by atoms with Crippen molar-refractivity contribution in [1.29, 1.82) is 0 Å². The molecule has 3 rings (SSSR count). The third-order valence-corrected chi connectivity index (χ3v) is 4.52. The Labute approximate surface area is 194 Å². The molecule has 0 aromatic heterocycles. The molecule has 1 N–H and O–H groups in total. The van der Waals surface area contributed by atoms with Crippen molar-refractivity contribution in [2.24, 2.45) is 5.10 Å². The Morgan fingerprint density at radius 1 is 1.03 bits per heavy atom. The molecule has 1 atom stereocenters. The summed E-state index contributed by atoms with van der Waals surface area (Å²) >= 11 is 0. The van der Waals surface area contributed by atoms with Gasteiger partial charge in [0.25, 0.3) is 5.91 Å². The number of para-hydroxylation sites is 2. The van der Waals surface area contributed by atoms with Gasteiger partial charge in [0.05, 0.1) is 23.8 Å². The molecule has 174 valence electrons. The fourth-order valence-corrected chi connectivity index (χ4v) is 2.76. The van der Waals surface area contributed by atoms with Crippen LogP contribution >= 0.6 is 0 Å². The number of nitrogens with zero attached hydrogens (tertiary/aromatic N) is 2. The van der Waals surface area contributed by atoms with Crippen molar-refractivity contribution in [2.45, 2.75) is 13.0 Å². The van der Waals surface area contributed by atoms with Crippen molar-refractivity contribution in [3.63, 3.8) is 0 Å². The predicted molar refractivity (Wildman–Crippen MR) is 123 cm³/mol. The van der Waals surface area contributed by atoms with Gasteiger partial charge in [-0.15, -0.1) is 0 Å². The zero-order valence-electron chi connectivity index (χ0n) is 18.3. The van der Waals surface area contributed by atoms with E-state index in [0.29, 0.717) is 22.6 Å². The number of hydrazone groups is 1. The van der Waals surface area contributed by atoms with E-state index in [1.807, 2.05) is 0 Å². The molecule has 0 radical (unpaired) electrons. The van der Waals surface area contributed by atoms with Gasteiger partial charge in [-0.2, -0.15) is 5.10 Å². The van der Waals surface area contributed by atoms with Gasteiger partial charge < -0.3 is 14.2 Å². The summed E-state index contributed by atoms with van der Waals surface area (Å²) in [6.45, 7) is 1.45. The van der Waals surface area contributed by atoms with Gasteiger partial charge in [0.15, 0.2) is 11.9 Å². The number of benzene rings is 3. The molecule has 1 amide bonds. The minimum Gasteiger partial charge on any atom is -0.497 e. The highest BCUT2D eigenvalue weighted by Crippen LogP contribution is 2.26. The molecule has 0 fully saturated rings. The highest BCUT2D eigenvalue weighted by Gasteiger charge is 2.20. The van der Waals surface area contributed by atoms with Gasteiger partial charge in [0, 0.05) is 6.07 Å². The van der Waals surface area contributed by atoms with E-state index >= 15 is 0 Å². The number of rotatable bonds is 9. The first-order chi connectivity index (χ1) is 16.4. The Kier molecular flexibility index (Phi) is 7.90. The smallest absolute Gasteiger partial charge is 0.343 e. The second kappa shape index (κ2) is 11.2. The van der Waals surface area contributed by atoms with Crippen LogP contribution in [0, 0.1) is 10.1 Å². The van der Waals surface area contributed by atoms with Gasteiger partial charge in [-0.25, -0.2) is 10.2 Å². The number of nitro groups is 1. The number of esters is 1. The molecule has 3 aromatic carbocycles. The monoisotopic (exact) mass is 463 g/mol. The minimum atomic E-state index is -1.03. The van der Waals surface area contributed by atoms with E-state index in [4.69, 9.17) is 14.2 Å². The number of carbonyl (C=O) groups excluding carboxylic acids is 2. The number of carbonyl (C=O) groups is 2. The molecule has 0 unspecified atom stereocenters. The lowest BCUT2D eigenvalue weighted by atomic mass is 10.2. The standard InChI is InChI=1S/C24H21N3O7/c1-16(33-22-9-4-3-8-21(22)27(30)31)23(28)26-25-15-17-6-5-7-20(14-17)34-24(29)18-10-12-19(32-2)13-11-18/h3-16H,1-2H3,(H,26,28)/b25-15-/t16-/m0/s1. The van der Waals surface area contributed by atoms with E-state index in [1.54, 1.807) is 54.6 Å². The molecular formula is C24H21N3O7. The van der Waals surface area contributed by atoms with Crippen molar-refractivity contribution in [1.82, 2.24) is 5.43 Å². The van der Waals surface area contributed by atoms with E-state index in [0.717, 1.165) is 0 Å². The summed E-state index contributed by atoms with van der Waals surface area (Å²) in [4.78, 5) is 35.0. The maximum absolute atomic E-state index is 12.3. The molecule has 34 heavy (non-hydrogen) atoms. The van der Waals surface area contributed by atoms with Crippen LogP contribution in [0.15, 0.2) is 77.9 Å². The van der Waals surface area contributed by atoms with Gasteiger partial charge >= 0.3 is 11.7 Å². The molecule has 10 nitrogen and oxygen atoms in total. The normalized spacial score (nSPS) is 11.5. The van der Waals surface area contributed by atoms with E-state index in [-0.39, 0.29) is 11.4 Å². The summed E-state index contributed by atoms with van der Waals surface area (Å²) in [6, 6.07) is 18.8. The average molecular weight is 463 g/mol. The Hall–Kier alpha value is -4.73. The Bertz CT molecular complexity index is 1210. The van der Waals surface area contributed by atoms with E-state index in [2.05, 4.69) is 10.5 Å². The molecule has 0 aliphatic heterocycles. The third-order valence-electron chi connectivity index (χ3n) is 4.52. The van der Waals surface area contributed by atoms with Crippen molar-refractivity contribution in [2.75, 3.05) is 7.11 Å². The maximum Gasteiger partial charge on any atom is 0.343 e. The van der Waals surface area contributed by atoms with Crippen LogP contribution in [0.1, 0.15) is 22.8 Å². The van der Waals surface area contributed by atoms with Gasteiger partial charge in [0.1, 0.15) is 11.5 Å². The zero-order valence-corrected chi connectivity index (χ0v) is 18.3. The summed E-state index contributed by atoms with van der Waals surface area (Å²) in [5.41, 5.74) is 2.99. The summed E-state index contributed by atoms with van der Waals surface area (Å²) < 4.78 is 15.8. The van der Waals surface area contributed by atoms with E-state index in [9.17, 15) is 19.7 Å². The fraction of sp³-hybridized carbons (Fsp3) is 0.125. The highest BCUT2D eigenvalue weighted by molar-refractivity contribution is 5.91. The van der Waals surface area contributed by atoms with Crippen LogP contribution in [0.3, 0.4) is 0 Å². The van der Waals surface area contributed by atoms with Crippen molar-refractivity contribution in [3.05, 3.63) is 94.0 Å². The Morgan fingerprint density at radius 3 is 2.47 bits per heavy atom. The van der Waals surface area contributed by atoms with Crippen LogP contribution in [0.4, 0.5) is 5.69 Å². The molecule has 10 heteroatoms. The topological polar surface area (TPSA) is 129 Å². The van der Waals surface area contributed by atoms with Crippen LogP contribution in [0.2, 0.25) is 0 Å². The first-order valence-corrected chi connectivity index (χ1v) is 10.1. The lowest BCUT2D eigenvalue weighted by Gasteiger charge is -2.12. The maximum atomic E-state index is 12.3. The molecule has 3 aromatic rings. The van der Waals surface area contributed by atoms with Crippen LogP contribution in [0.5, 0.6) is 17.2 Å². The minimum absolute atomic E-state index is 0.0227. The number of amides is 1. The van der Waals surface area contributed by atoms with Crippen molar-refractivity contribution >= 4 is 23.8 Å². The lowest BCUT2D eigenvalue weighted by molar-refractivity contribution is -0.386. The first kappa shape index (κ1) is 23.9.